The minimum atomic E-state index is 0.0282. The highest BCUT2D eigenvalue weighted by atomic mass is 16.5. The number of hydrogen-bond acceptors (Lipinski definition) is 4. The van der Waals surface area contributed by atoms with Gasteiger partial charge in [0.05, 0.1) is 19.3 Å². The van der Waals surface area contributed by atoms with E-state index in [1.807, 2.05) is 31.6 Å². The van der Waals surface area contributed by atoms with E-state index in [9.17, 15) is 0 Å². The number of nitrogens with one attached hydrogen (secondary N) is 1. The van der Waals surface area contributed by atoms with E-state index in [4.69, 9.17) is 4.74 Å². The predicted molar refractivity (Wildman–Crippen MR) is 83.6 cm³/mol. The topological polar surface area (TPSA) is 52.0 Å². The van der Waals surface area contributed by atoms with Crippen LogP contribution in [0.25, 0.3) is 0 Å². The summed E-state index contributed by atoms with van der Waals surface area (Å²) < 4.78 is 7.33. The second-order valence-corrected chi connectivity index (χ2v) is 5.24. The van der Waals surface area contributed by atoms with Gasteiger partial charge in [0.15, 0.2) is 5.75 Å². The van der Waals surface area contributed by atoms with Crippen LogP contribution in [0.4, 0.5) is 0 Å². The summed E-state index contributed by atoms with van der Waals surface area (Å²) in [7, 11) is 3.62. The van der Waals surface area contributed by atoms with E-state index in [2.05, 4.69) is 28.4 Å². The number of aromatic nitrogens is 3. The van der Waals surface area contributed by atoms with Crippen LogP contribution in [0.15, 0.2) is 18.3 Å². The van der Waals surface area contributed by atoms with Crippen molar-refractivity contribution in [2.24, 2.45) is 7.05 Å². The molecule has 1 atom stereocenters. The molecule has 0 aliphatic heterocycles. The molecule has 1 N–H and O–H groups in total. The van der Waals surface area contributed by atoms with Gasteiger partial charge in [0.1, 0.15) is 5.69 Å². The van der Waals surface area contributed by atoms with Crippen LogP contribution in [-0.2, 0) is 7.05 Å². The van der Waals surface area contributed by atoms with Gasteiger partial charge in [-0.1, -0.05) is 13.0 Å². The Balaban J connectivity index is 2.49. The zero-order valence-electron chi connectivity index (χ0n) is 13.5. The van der Waals surface area contributed by atoms with Crippen LogP contribution in [0.3, 0.4) is 0 Å². The van der Waals surface area contributed by atoms with Crippen molar-refractivity contribution in [1.82, 2.24) is 20.1 Å². The molecule has 0 spiro atoms. The van der Waals surface area contributed by atoms with Crippen molar-refractivity contribution in [3.8, 4) is 5.75 Å². The molecule has 0 saturated heterocycles. The first kappa shape index (κ1) is 15.5. The molecule has 5 nitrogen and oxygen atoms in total. The molecule has 0 aliphatic rings. The molecule has 0 radical (unpaired) electrons. The molecule has 2 rings (SSSR count). The summed E-state index contributed by atoms with van der Waals surface area (Å²) in [6.07, 6.45) is 2.82. The Morgan fingerprint density at radius 3 is 2.71 bits per heavy atom. The Morgan fingerprint density at radius 2 is 2.10 bits per heavy atom. The molecule has 2 heterocycles. The largest absolute Gasteiger partial charge is 0.493 e. The summed E-state index contributed by atoms with van der Waals surface area (Å²) in [5.74, 6) is 0.797. The van der Waals surface area contributed by atoms with E-state index in [0.717, 1.165) is 41.4 Å². The number of nitrogens with zero attached hydrogens (tertiary/aromatic N) is 3. The maximum Gasteiger partial charge on any atom is 0.161 e. The van der Waals surface area contributed by atoms with Gasteiger partial charge in [-0.05, 0) is 38.4 Å². The maximum absolute atomic E-state index is 5.47. The van der Waals surface area contributed by atoms with E-state index in [0.29, 0.717) is 0 Å². The highest BCUT2D eigenvalue weighted by Gasteiger charge is 2.23. The monoisotopic (exact) mass is 288 g/mol. The second kappa shape index (κ2) is 6.72. The molecule has 21 heavy (non-hydrogen) atoms. The molecule has 0 aromatic carbocycles. The quantitative estimate of drug-likeness (QED) is 0.887. The van der Waals surface area contributed by atoms with Gasteiger partial charge >= 0.3 is 0 Å². The molecule has 0 fully saturated rings. The lowest BCUT2D eigenvalue weighted by Crippen LogP contribution is -2.26. The van der Waals surface area contributed by atoms with Gasteiger partial charge in [0.2, 0.25) is 0 Å². The van der Waals surface area contributed by atoms with Gasteiger partial charge in [0, 0.05) is 18.4 Å². The van der Waals surface area contributed by atoms with Crippen LogP contribution >= 0.6 is 0 Å². The number of methoxy groups -OCH3 is 1. The van der Waals surface area contributed by atoms with Gasteiger partial charge in [-0.15, -0.1) is 0 Å². The standard InChI is InChI=1S/C16H24N4O/c1-6-9-17-15(13-8-7-11(2)19-12(13)3)16-14(21-5)10-18-20(16)4/h7-8,10,15,17H,6,9H2,1-5H3. The van der Waals surface area contributed by atoms with Gasteiger partial charge < -0.3 is 10.1 Å². The van der Waals surface area contributed by atoms with Crippen molar-refractivity contribution in [3.05, 3.63) is 41.0 Å². The molecule has 0 bridgehead atoms. The Morgan fingerprint density at radius 1 is 1.33 bits per heavy atom. The normalized spacial score (nSPS) is 12.4. The molecule has 114 valence electrons. The van der Waals surface area contributed by atoms with Crippen molar-refractivity contribution in [2.45, 2.75) is 33.2 Å². The van der Waals surface area contributed by atoms with Crippen LogP contribution in [0, 0.1) is 13.8 Å². The van der Waals surface area contributed by atoms with E-state index in [-0.39, 0.29) is 6.04 Å². The molecule has 0 amide bonds. The average molecular weight is 288 g/mol. The maximum atomic E-state index is 5.47. The Labute approximate surface area is 126 Å². The summed E-state index contributed by atoms with van der Waals surface area (Å²) in [4.78, 5) is 4.59. The minimum absolute atomic E-state index is 0.0282. The number of pyridine rings is 1. The summed E-state index contributed by atoms with van der Waals surface area (Å²) in [6, 6.07) is 4.21. The molecular formula is C16H24N4O. The third-order valence-corrected chi connectivity index (χ3v) is 3.62. The first-order valence-electron chi connectivity index (χ1n) is 7.31. The first-order valence-corrected chi connectivity index (χ1v) is 7.31. The molecule has 0 aliphatic carbocycles. The summed E-state index contributed by atoms with van der Waals surface area (Å²) in [6.45, 7) is 7.14. The Bertz CT molecular complexity index is 606. The van der Waals surface area contributed by atoms with Gasteiger partial charge in [-0.3, -0.25) is 9.67 Å². The number of ether oxygens (including phenoxy) is 1. The summed E-state index contributed by atoms with van der Waals surface area (Å²) >= 11 is 0. The molecular weight excluding hydrogens is 264 g/mol. The van der Waals surface area contributed by atoms with Crippen LogP contribution in [0.5, 0.6) is 5.75 Å². The molecule has 1 unspecified atom stereocenters. The lowest BCUT2D eigenvalue weighted by molar-refractivity contribution is 0.400. The fourth-order valence-corrected chi connectivity index (χ4v) is 2.56. The molecule has 0 saturated carbocycles. The van der Waals surface area contributed by atoms with Crippen LogP contribution in [0.1, 0.15) is 42.0 Å². The van der Waals surface area contributed by atoms with Crippen LogP contribution < -0.4 is 10.1 Å². The molecule has 5 heteroatoms. The van der Waals surface area contributed by atoms with E-state index >= 15 is 0 Å². The zero-order chi connectivity index (χ0) is 15.4. The smallest absolute Gasteiger partial charge is 0.161 e. The van der Waals surface area contributed by atoms with Crippen LogP contribution in [-0.4, -0.2) is 28.4 Å². The fraction of sp³-hybridized carbons (Fsp3) is 0.500. The fourth-order valence-electron chi connectivity index (χ4n) is 2.56. The van der Waals surface area contributed by atoms with E-state index in [1.165, 1.54) is 0 Å². The van der Waals surface area contributed by atoms with Crippen molar-refractivity contribution >= 4 is 0 Å². The van der Waals surface area contributed by atoms with E-state index in [1.54, 1.807) is 13.3 Å². The van der Waals surface area contributed by atoms with Gasteiger partial charge in [-0.25, -0.2) is 0 Å². The Kier molecular flexibility index (Phi) is 4.96. The molecule has 2 aromatic heterocycles. The number of rotatable bonds is 6. The SMILES string of the molecule is CCCNC(c1ccc(C)nc1C)c1c(OC)cnn1C. The third-order valence-electron chi connectivity index (χ3n) is 3.62. The predicted octanol–water partition coefficient (Wildman–Crippen LogP) is 2.53. The second-order valence-electron chi connectivity index (χ2n) is 5.24. The highest BCUT2D eigenvalue weighted by molar-refractivity contribution is 5.38. The van der Waals surface area contributed by atoms with Crippen molar-refractivity contribution in [3.63, 3.8) is 0 Å². The number of aryl methyl sites for hydroxylation is 3. The van der Waals surface area contributed by atoms with E-state index < -0.39 is 0 Å². The minimum Gasteiger partial charge on any atom is -0.493 e. The summed E-state index contributed by atoms with van der Waals surface area (Å²) in [5, 5.41) is 7.90. The Hall–Kier alpha value is -1.88. The van der Waals surface area contributed by atoms with Crippen molar-refractivity contribution in [1.29, 1.82) is 0 Å². The number of hydrogen-bond donors (Lipinski definition) is 1. The van der Waals surface area contributed by atoms with Crippen molar-refractivity contribution in [2.75, 3.05) is 13.7 Å². The van der Waals surface area contributed by atoms with Gasteiger partial charge in [0.25, 0.3) is 0 Å². The van der Waals surface area contributed by atoms with Gasteiger partial charge in [-0.2, -0.15) is 5.10 Å². The lowest BCUT2D eigenvalue weighted by Gasteiger charge is -2.22. The molecule has 2 aromatic rings. The first-order chi connectivity index (χ1) is 10.1. The lowest BCUT2D eigenvalue weighted by atomic mass is 10.0. The highest BCUT2D eigenvalue weighted by Crippen LogP contribution is 2.30. The van der Waals surface area contributed by atoms with Crippen molar-refractivity contribution < 1.29 is 4.74 Å². The van der Waals surface area contributed by atoms with Crippen LogP contribution in [0.2, 0.25) is 0 Å². The average Bonchev–Trinajstić information content (AvgIpc) is 2.82. The zero-order valence-corrected chi connectivity index (χ0v) is 13.5. The summed E-state index contributed by atoms with van der Waals surface area (Å²) in [5.41, 5.74) is 4.25. The third kappa shape index (κ3) is 3.24.